The summed E-state index contributed by atoms with van der Waals surface area (Å²) in [7, 11) is 3.42. The van der Waals surface area contributed by atoms with Crippen molar-refractivity contribution in [3.8, 4) is 11.5 Å². The first-order chi connectivity index (χ1) is 28.5. The third-order valence-electron chi connectivity index (χ3n) is 10.5. The van der Waals surface area contributed by atoms with Gasteiger partial charge in [-0.15, -0.1) is 0 Å². The SMILES string of the molecule is COc1cccc(C2=CCCNCC2)c1.COc1cccc(C2=CCNCCC2)c1.Clc1cccc(C2=CCNCCC2)c1.Clc1ccccc1C1=CCNCCC1. The lowest BCUT2D eigenvalue weighted by molar-refractivity contribution is 0.414. The van der Waals surface area contributed by atoms with E-state index in [-0.39, 0.29) is 0 Å². The van der Waals surface area contributed by atoms with Gasteiger partial charge in [0.15, 0.2) is 0 Å². The first-order valence-corrected chi connectivity index (χ1v) is 21.7. The van der Waals surface area contributed by atoms with Crippen LogP contribution in [-0.4, -0.2) is 66.6 Å². The van der Waals surface area contributed by atoms with E-state index in [2.05, 4.69) is 82.0 Å². The van der Waals surface area contributed by atoms with Gasteiger partial charge >= 0.3 is 0 Å². The molecule has 4 aromatic carbocycles. The predicted molar refractivity (Wildman–Crippen MR) is 249 cm³/mol. The van der Waals surface area contributed by atoms with Crippen molar-refractivity contribution in [1.82, 2.24) is 21.3 Å². The maximum Gasteiger partial charge on any atom is 0.119 e. The molecule has 308 valence electrons. The molecule has 8 rings (SSSR count). The summed E-state index contributed by atoms with van der Waals surface area (Å²) in [6.45, 7) is 8.40. The second-order valence-corrected chi connectivity index (χ2v) is 15.4. The molecular weight excluding hydrogens is 759 g/mol. The minimum atomic E-state index is 0.820. The van der Waals surface area contributed by atoms with Gasteiger partial charge in [0.1, 0.15) is 11.5 Å². The highest BCUT2D eigenvalue weighted by atomic mass is 35.5. The van der Waals surface area contributed by atoms with E-state index in [1.807, 2.05) is 60.7 Å². The van der Waals surface area contributed by atoms with E-state index in [1.54, 1.807) is 14.2 Å². The van der Waals surface area contributed by atoms with Gasteiger partial charge in [0.05, 0.1) is 14.2 Å². The van der Waals surface area contributed by atoms with Crippen molar-refractivity contribution in [3.63, 3.8) is 0 Å². The minimum absolute atomic E-state index is 0.820. The monoisotopic (exact) mass is 820 g/mol. The molecule has 0 saturated heterocycles. The molecule has 0 aromatic heterocycles. The summed E-state index contributed by atoms with van der Waals surface area (Å²) in [6, 6.07) is 32.8. The average molecular weight is 822 g/mol. The third kappa shape index (κ3) is 15.6. The number of rotatable bonds is 6. The van der Waals surface area contributed by atoms with E-state index in [4.69, 9.17) is 32.7 Å². The standard InChI is InChI=1S/2C13H17NO.2C12H14ClN/c2*1-15-13-6-2-4-12(10-13)11-5-3-8-14-9-7-11;13-12-5-1-3-11(9-12)10-4-2-7-14-8-6-10;13-12-6-2-1-5-11(12)10-4-3-8-14-9-7-10/h2,4,6-7,10,14H,3,5,8-9H2,1H3;2,4-6,10,14H,3,7-9H2,1H3;1,3,5-6,9,14H,2,4,7-8H2;1-2,5-7,14H,3-4,8-9H2. The van der Waals surface area contributed by atoms with E-state index < -0.39 is 0 Å². The third-order valence-corrected chi connectivity index (χ3v) is 11.0. The predicted octanol–water partition coefficient (Wildman–Crippen LogP) is 11.1. The summed E-state index contributed by atoms with van der Waals surface area (Å²) in [5.74, 6) is 1.87. The number of ether oxygens (including phenoxy) is 2. The van der Waals surface area contributed by atoms with Gasteiger partial charge in [0, 0.05) is 29.7 Å². The van der Waals surface area contributed by atoms with E-state index in [0.717, 1.165) is 106 Å². The molecule has 0 bridgehead atoms. The molecule has 4 heterocycles. The second kappa shape index (κ2) is 26.1. The van der Waals surface area contributed by atoms with Crippen molar-refractivity contribution in [2.75, 3.05) is 66.6 Å². The van der Waals surface area contributed by atoms with Crippen LogP contribution in [-0.2, 0) is 0 Å². The maximum absolute atomic E-state index is 6.15. The lowest BCUT2D eigenvalue weighted by atomic mass is 10.0. The van der Waals surface area contributed by atoms with E-state index in [0.29, 0.717) is 0 Å². The molecule has 4 aliphatic rings. The first-order valence-electron chi connectivity index (χ1n) is 20.9. The second-order valence-electron chi connectivity index (χ2n) is 14.6. The zero-order valence-electron chi connectivity index (χ0n) is 34.4. The van der Waals surface area contributed by atoms with Crippen LogP contribution in [0, 0.1) is 0 Å². The Hall–Kier alpha value is -4.14. The van der Waals surface area contributed by atoms with Gasteiger partial charge < -0.3 is 30.7 Å². The van der Waals surface area contributed by atoms with Gasteiger partial charge in [-0.2, -0.15) is 0 Å². The van der Waals surface area contributed by atoms with E-state index in [1.165, 1.54) is 63.8 Å². The molecule has 0 atom stereocenters. The molecule has 0 unspecified atom stereocenters. The van der Waals surface area contributed by atoms with Crippen LogP contribution in [0.2, 0.25) is 10.0 Å². The van der Waals surface area contributed by atoms with Gasteiger partial charge in [-0.05, 0) is 171 Å². The fourth-order valence-corrected chi connectivity index (χ4v) is 7.74. The Morgan fingerprint density at radius 2 is 0.948 bits per heavy atom. The molecule has 0 saturated carbocycles. The molecule has 0 fully saturated rings. The number of hydrogen-bond acceptors (Lipinski definition) is 6. The van der Waals surface area contributed by atoms with Crippen LogP contribution in [0.15, 0.2) is 121 Å². The fraction of sp³-hybridized carbons (Fsp3) is 0.360. The van der Waals surface area contributed by atoms with E-state index >= 15 is 0 Å². The highest BCUT2D eigenvalue weighted by molar-refractivity contribution is 6.32. The summed E-state index contributed by atoms with van der Waals surface area (Å²) in [4.78, 5) is 0. The quantitative estimate of drug-likeness (QED) is 0.155. The lowest BCUT2D eigenvalue weighted by Crippen LogP contribution is -2.13. The Morgan fingerprint density at radius 3 is 1.50 bits per heavy atom. The van der Waals surface area contributed by atoms with Crippen molar-refractivity contribution in [2.24, 2.45) is 0 Å². The summed E-state index contributed by atoms with van der Waals surface area (Å²) >= 11 is 12.1. The summed E-state index contributed by atoms with van der Waals surface area (Å²) in [6.07, 6.45) is 18.4. The Labute approximate surface area is 357 Å². The van der Waals surface area contributed by atoms with Crippen LogP contribution in [0.3, 0.4) is 0 Å². The summed E-state index contributed by atoms with van der Waals surface area (Å²) in [5, 5.41) is 15.1. The van der Waals surface area contributed by atoms with Crippen LogP contribution in [0.25, 0.3) is 22.3 Å². The normalized spacial score (nSPS) is 17.0. The molecule has 58 heavy (non-hydrogen) atoms. The number of hydrogen-bond donors (Lipinski definition) is 4. The summed E-state index contributed by atoms with van der Waals surface area (Å²) in [5.41, 5.74) is 10.7. The highest BCUT2D eigenvalue weighted by Gasteiger charge is 2.09. The first kappa shape index (κ1) is 45.0. The van der Waals surface area contributed by atoms with Crippen LogP contribution in [0.5, 0.6) is 11.5 Å². The van der Waals surface area contributed by atoms with Crippen molar-refractivity contribution in [2.45, 2.75) is 51.4 Å². The molecule has 0 amide bonds. The zero-order chi connectivity index (χ0) is 40.6. The van der Waals surface area contributed by atoms with Gasteiger partial charge in [0.25, 0.3) is 0 Å². The number of methoxy groups -OCH3 is 2. The zero-order valence-corrected chi connectivity index (χ0v) is 35.9. The summed E-state index contributed by atoms with van der Waals surface area (Å²) < 4.78 is 10.5. The van der Waals surface area contributed by atoms with Crippen LogP contribution in [0.4, 0.5) is 0 Å². The maximum atomic E-state index is 6.15. The highest BCUT2D eigenvalue weighted by Crippen LogP contribution is 2.28. The van der Waals surface area contributed by atoms with Crippen LogP contribution >= 0.6 is 23.2 Å². The molecule has 4 aliphatic heterocycles. The van der Waals surface area contributed by atoms with Crippen LogP contribution in [0.1, 0.15) is 73.6 Å². The number of halogens is 2. The largest absolute Gasteiger partial charge is 0.497 e. The van der Waals surface area contributed by atoms with Crippen molar-refractivity contribution >= 4 is 45.5 Å². The molecule has 4 N–H and O–H groups in total. The fourth-order valence-electron chi connectivity index (χ4n) is 7.30. The molecule has 6 nitrogen and oxygen atoms in total. The van der Waals surface area contributed by atoms with Gasteiger partial charge in [-0.1, -0.05) is 102 Å². The molecular formula is C50H62Cl2N4O2. The molecule has 0 spiro atoms. The topological polar surface area (TPSA) is 66.6 Å². The number of allylic oxidation sites excluding steroid dienone is 3. The van der Waals surface area contributed by atoms with Crippen molar-refractivity contribution in [1.29, 1.82) is 0 Å². The molecule has 0 radical (unpaired) electrons. The Morgan fingerprint density at radius 1 is 0.448 bits per heavy atom. The number of benzene rings is 4. The Bertz CT molecular complexity index is 1900. The van der Waals surface area contributed by atoms with Crippen molar-refractivity contribution in [3.05, 3.63) is 154 Å². The van der Waals surface area contributed by atoms with Crippen LogP contribution < -0.4 is 30.7 Å². The lowest BCUT2D eigenvalue weighted by Gasteiger charge is -2.07. The molecule has 8 heteroatoms. The Balaban J connectivity index is 0.000000147. The molecule has 0 aliphatic carbocycles. The smallest absolute Gasteiger partial charge is 0.119 e. The number of nitrogens with one attached hydrogen (secondary N) is 4. The van der Waals surface area contributed by atoms with E-state index in [9.17, 15) is 0 Å². The van der Waals surface area contributed by atoms with Gasteiger partial charge in [-0.25, -0.2) is 0 Å². The van der Waals surface area contributed by atoms with Gasteiger partial charge in [-0.3, -0.25) is 0 Å². The average Bonchev–Trinajstić information content (AvgIpc) is 3.91. The molecule has 4 aromatic rings. The Kier molecular flexibility index (Phi) is 20.2. The minimum Gasteiger partial charge on any atom is -0.497 e. The van der Waals surface area contributed by atoms with Crippen molar-refractivity contribution < 1.29 is 9.47 Å². The van der Waals surface area contributed by atoms with Gasteiger partial charge in [0.2, 0.25) is 0 Å².